The molecule has 1 aliphatic carbocycles. The standard InChI is InChI=1S/C11H12N2O2/c12-11-13-8-4-6-2-1-3-9(14)7(6)5-10(8)15-11/h1-3,8,10,14H,4-5H2,(H2,12,13). The lowest BCUT2D eigenvalue weighted by Crippen LogP contribution is -2.32. The molecule has 0 saturated heterocycles. The number of phenols is 1. The Kier molecular flexibility index (Phi) is 1.65. The molecule has 0 saturated carbocycles. The molecule has 4 nitrogen and oxygen atoms in total. The number of aliphatic imine (C=N–C) groups is 1. The van der Waals surface area contributed by atoms with Crippen LogP contribution in [0.3, 0.4) is 0 Å². The highest BCUT2D eigenvalue weighted by Gasteiger charge is 2.35. The second kappa shape index (κ2) is 2.89. The number of ether oxygens (including phenoxy) is 1. The summed E-state index contributed by atoms with van der Waals surface area (Å²) in [4.78, 5) is 4.23. The molecular formula is C11H12N2O2. The fourth-order valence-electron chi connectivity index (χ4n) is 2.34. The lowest BCUT2D eigenvalue weighted by molar-refractivity contribution is 0.180. The van der Waals surface area contributed by atoms with Crippen molar-refractivity contribution in [2.24, 2.45) is 10.7 Å². The second-order valence-electron chi connectivity index (χ2n) is 4.01. The van der Waals surface area contributed by atoms with Gasteiger partial charge in [0, 0.05) is 12.0 Å². The van der Waals surface area contributed by atoms with Gasteiger partial charge in [0.25, 0.3) is 6.02 Å². The smallest absolute Gasteiger partial charge is 0.282 e. The van der Waals surface area contributed by atoms with E-state index in [9.17, 15) is 5.11 Å². The van der Waals surface area contributed by atoms with Crippen LogP contribution in [0.25, 0.3) is 0 Å². The largest absolute Gasteiger partial charge is 0.508 e. The summed E-state index contributed by atoms with van der Waals surface area (Å²) in [7, 11) is 0. The minimum absolute atomic E-state index is 0.00537. The van der Waals surface area contributed by atoms with Gasteiger partial charge in [-0.15, -0.1) is 0 Å². The average molecular weight is 204 g/mol. The van der Waals surface area contributed by atoms with Crippen LogP contribution in [0.1, 0.15) is 11.1 Å². The summed E-state index contributed by atoms with van der Waals surface area (Å²) in [5.41, 5.74) is 7.66. The summed E-state index contributed by atoms with van der Waals surface area (Å²) >= 11 is 0. The molecule has 3 rings (SSSR count). The van der Waals surface area contributed by atoms with E-state index < -0.39 is 0 Å². The summed E-state index contributed by atoms with van der Waals surface area (Å²) < 4.78 is 5.39. The van der Waals surface area contributed by atoms with Gasteiger partial charge in [-0.3, -0.25) is 0 Å². The summed E-state index contributed by atoms with van der Waals surface area (Å²) in [6.45, 7) is 0. The van der Waals surface area contributed by atoms with Gasteiger partial charge in [-0.05, 0) is 18.1 Å². The highest BCUT2D eigenvalue weighted by molar-refractivity contribution is 5.74. The van der Waals surface area contributed by atoms with E-state index >= 15 is 0 Å². The van der Waals surface area contributed by atoms with Crippen LogP contribution in [0.5, 0.6) is 5.75 Å². The van der Waals surface area contributed by atoms with Crippen molar-refractivity contribution in [3.63, 3.8) is 0 Å². The first kappa shape index (κ1) is 8.59. The topological polar surface area (TPSA) is 67.8 Å². The monoisotopic (exact) mass is 204 g/mol. The quantitative estimate of drug-likeness (QED) is 0.649. The Morgan fingerprint density at radius 2 is 2.27 bits per heavy atom. The third kappa shape index (κ3) is 1.25. The van der Waals surface area contributed by atoms with E-state index in [0.29, 0.717) is 12.2 Å². The van der Waals surface area contributed by atoms with Crippen LogP contribution < -0.4 is 5.73 Å². The van der Waals surface area contributed by atoms with Crippen LogP contribution in [0.4, 0.5) is 0 Å². The van der Waals surface area contributed by atoms with Gasteiger partial charge >= 0.3 is 0 Å². The number of rotatable bonds is 0. The molecule has 1 aromatic rings. The van der Waals surface area contributed by atoms with Crippen LogP contribution >= 0.6 is 0 Å². The van der Waals surface area contributed by atoms with E-state index in [1.54, 1.807) is 6.07 Å². The lowest BCUT2D eigenvalue weighted by atomic mass is 9.86. The van der Waals surface area contributed by atoms with E-state index in [4.69, 9.17) is 10.5 Å². The van der Waals surface area contributed by atoms with Gasteiger partial charge in [-0.1, -0.05) is 12.1 Å². The summed E-state index contributed by atoms with van der Waals surface area (Å²) in [6, 6.07) is 5.99. The van der Waals surface area contributed by atoms with Crippen molar-refractivity contribution in [2.75, 3.05) is 0 Å². The maximum absolute atomic E-state index is 9.72. The molecule has 2 atom stereocenters. The SMILES string of the molecule is NC1=NC2Cc3cccc(O)c3CC2O1. The normalized spacial score (nSPS) is 27.6. The van der Waals surface area contributed by atoms with Gasteiger partial charge in [0.2, 0.25) is 0 Å². The molecule has 1 aliphatic heterocycles. The summed E-state index contributed by atoms with van der Waals surface area (Å²) in [5.74, 6) is 0.347. The molecule has 2 aliphatic rings. The molecule has 1 heterocycles. The molecule has 0 fully saturated rings. The zero-order valence-electron chi connectivity index (χ0n) is 8.18. The Hall–Kier alpha value is -1.71. The molecule has 0 bridgehead atoms. The van der Waals surface area contributed by atoms with E-state index in [2.05, 4.69) is 4.99 Å². The van der Waals surface area contributed by atoms with Crippen molar-refractivity contribution in [2.45, 2.75) is 25.0 Å². The van der Waals surface area contributed by atoms with Crippen LogP contribution in [0.2, 0.25) is 0 Å². The van der Waals surface area contributed by atoms with Gasteiger partial charge in [0.1, 0.15) is 11.9 Å². The van der Waals surface area contributed by atoms with E-state index in [-0.39, 0.29) is 18.2 Å². The molecule has 1 aromatic carbocycles. The van der Waals surface area contributed by atoms with Gasteiger partial charge < -0.3 is 15.6 Å². The maximum Gasteiger partial charge on any atom is 0.282 e. The molecule has 4 heteroatoms. The van der Waals surface area contributed by atoms with Gasteiger partial charge in [0.15, 0.2) is 0 Å². The Bertz CT molecular complexity index is 442. The second-order valence-corrected chi connectivity index (χ2v) is 4.01. The van der Waals surface area contributed by atoms with E-state index in [1.807, 2.05) is 12.1 Å². The molecule has 15 heavy (non-hydrogen) atoms. The molecule has 78 valence electrons. The number of amidine groups is 1. The highest BCUT2D eigenvalue weighted by atomic mass is 16.5. The third-order valence-corrected chi connectivity index (χ3v) is 3.08. The average Bonchev–Trinajstić information content (AvgIpc) is 2.55. The van der Waals surface area contributed by atoms with Gasteiger partial charge in [0.05, 0.1) is 6.04 Å². The Morgan fingerprint density at radius 3 is 3.13 bits per heavy atom. The Morgan fingerprint density at radius 1 is 1.40 bits per heavy atom. The number of hydrogen-bond acceptors (Lipinski definition) is 4. The zero-order valence-corrected chi connectivity index (χ0v) is 8.18. The minimum Gasteiger partial charge on any atom is -0.508 e. The van der Waals surface area contributed by atoms with Crippen molar-refractivity contribution >= 4 is 6.02 Å². The molecule has 0 spiro atoms. The number of phenolic OH excluding ortho intramolecular Hbond substituents is 1. The van der Waals surface area contributed by atoms with Crippen LogP contribution in [0.15, 0.2) is 23.2 Å². The maximum atomic E-state index is 9.72. The number of nitrogens with zero attached hydrogens (tertiary/aromatic N) is 1. The minimum atomic E-state index is 0.00537. The molecule has 0 amide bonds. The van der Waals surface area contributed by atoms with E-state index in [0.717, 1.165) is 17.5 Å². The molecule has 0 aromatic heterocycles. The third-order valence-electron chi connectivity index (χ3n) is 3.08. The van der Waals surface area contributed by atoms with Crippen LogP contribution in [0, 0.1) is 0 Å². The summed E-state index contributed by atoms with van der Waals surface area (Å²) in [5, 5.41) is 9.72. The molecule has 0 radical (unpaired) electrons. The number of nitrogens with two attached hydrogens (primary N) is 1. The molecule has 2 unspecified atom stereocenters. The van der Waals surface area contributed by atoms with Crippen LogP contribution in [-0.2, 0) is 17.6 Å². The molecular weight excluding hydrogens is 192 g/mol. The Balaban J connectivity index is 2.00. The predicted molar refractivity (Wildman–Crippen MR) is 55.8 cm³/mol. The predicted octanol–water partition coefficient (Wildman–Crippen LogP) is 0.573. The number of benzene rings is 1. The van der Waals surface area contributed by atoms with Crippen molar-refractivity contribution < 1.29 is 9.84 Å². The van der Waals surface area contributed by atoms with Gasteiger partial charge in [-0.2, -0.15) is 0 Å². The fraction of sp³-hybridized carbons (Fsp3) is 0.364. The highest BCUT2D eigenvalue weighted by Crippen LogP contribution is 2.33. The number of hydrogen-bond donors (Lipinski definition) is 2. The van der Waals surface area contributed by atoms with E-state index in [1.165, 1.54) is 0 Å². The number of fused-ring (bicyclic) bond motifs is 2. The summed E-state index contributed by atoms with van der Waals surface area (Å²) in [6.07, 6.45) is 1.50. The lowest BCUT2D eigenvalue weighted by Gasteiger charge is -2.25. The first-order valence-corrected chi connectivity index (χ1v) is 5.03. The van der Waals surface area contributed by atoms with Crippen molar-refractivity contribution in [3.05, 3.63) is 29.3 Å². The van der Waals surface area contributed by atoms with Crippen molar-refractivity contribution in [3.8, 4) is 5.75 Å². The van der Waals surface area contributed by atoms with Crippen molar-refractivity contribution in [1.82, 2.24) is 0 Å². The van der Waals surface area contributed by atoms with Gasteiger partial charge in [-0.25, -0.2) is 4.99 Å². The van der Waals surface area contributed by atoms with Crippen LogP contribution in [-0.4, -0.2) is 23.3 Å². The Labute approximate surface area is 87.4 Å². The first-order chi connectivity index (χ1) is 7.24. The molecule has 3 N–H and O–H groups in total. The first-order valence-electron chi connectivity index (χ1n) is 5.03. The fourth-order valence-corrected chi connectivity index (χ4v) is 2.34. The zero-order chi connectivity index (χ0) is 10.4. The number of aromatic hydroxyl groups is 1. The van der Waals surface area contributed by atoms with Crippen molar-refractivity contribution in [1.29, 1.82) is 0 Å².